The highest BCUT2D eigenvalue weighted by molar-refractivity contribution is 7.10. The molecule has 4 heteroatoms. The number of aliphatic hydroxyl groups is 1. The molecule has 0 amide bonds. The van der Waals surface area contributed by atoms with Crippen LogP contribution in [0.5, 0.6) is 0 Å². The van der Waals surface area contributed by atoms with Gasteiger partial charge in [0.25, 0.3) is 0 Å². The zero-order valence-electron chi connectivity index (χ0n) is 9.97. The van der Waals surface area contributed by atoms with Gasteiger partial charge in [-0.3, -0.25) is 0 Å². The highest BCUT2D eigenvalue weighted by atomic mass is 32.1. The maximum atomic E-state index is 10.5. The van der Waals surface area contributed by atoms with E-state index in [0.717, 1.165) is 16.0 Å². The van der Waals surface area contributed by atoms with E-state index < -0.39 is 5.60 Å². The number of nitrogen functional groups attached to an aromatic ring is 1. The molecule has 0 aliphatic carbocycles. The standard InChI is InChI=1S/C13H16N2OS/c1-9-4-6-17-12(9)13(2,16)8-10-3-5-15-11(14)7-10/h3-7,16H,8H2,1-2H3,(H2,14,15). The summed E-state index contributed by atoms with van der Waals surface area (Å²) in [7, 11) is 0. The van der Waals surface area contributed by atoms with Crippen molar-refractivity contribution in [3.8, 4) is 0 Å². The van der Waals surface area contributed by atoms with E-state index in [1.54, 1.807) is 23.6 Å². The molecule has 90 valence electrons. The van der Waals surface area contributed by atoms with Gasteiger partial charge in [-0.15, -0.1) is 11.3 Å². The Bertz CT molecular complexity index is 520. The lowest BCUT2D eigenvalue weighted by Gasteiger charge is -2.23. The Morgan fingerprint density at radius 3 is 2.82 bits per heavy atom. The Labute approximate surface area is 105 Å². The molecule has 0 aliphatic rings. The number of aryl methyl sites for hydroxylation is 1. The molecule has 0 bridgehead atoms. The molecule has 0 aliphatic heterocycles. The Morgan fingerprint density at radius 1 is 1.47 bits per heavy atom. The fraction of sp³-hybridized carbons (Fsp3) is 0.308. The minimum Gasteiger partial charge on any atom is -0.384 e. The van der Waals surface area contributed by atoms with Gasteiger partial charge in [0.05, 0.1) is 0 Å². The van der Waals surface area contributed by atoms with E-state index in [1.165, 1.54) is 0 Å². The van der Waals surface area contributed by atoms with Crippen LogP contribution in [0.2, 0.25) is 0 Å². The van der Waals surface area contributed by atoms with Crippen molar-refractivity contribution in [1.29, 1.82) is 0 Å². The molecule has 0 saturated carbocycles. The molecule has 2 aromatic heterocycles. The van der Waals surface area contributed by atoms with Crippen molar-refractivity contribution in [3.05, 3.63) is 45.8 Å². The van der Waals surface area contributed by atoms with Gasteiger partial charge in [-0.25, -0.2) is 4.98 Å². The van der Waals surface area contributed by atoms with E-state index in [1.807, 2.05) is 31.4 Å². The van der Waals surface area contributed by atoms with Crippen molar-refractivity contribution in [2.75, 3.05) is 5.73 Å². The van der Waals surface area contributed by atoms with Gasteiger partial charge in [-0.2, -0.15) is 0 Å². The Kier molecular flexibility index (Phi) is 3.17. The number of nitrogens with two attached hydrogens (primary N) is 1. The lowest BCUT2D eigenvalue weighted by Crippen LogP contribution is -2.23. The Balaban J connectivity index is 2.26. The molecule has 1 atom stereocenters. The van der Waals surface area contributed by atoms with Crippen molar-refractivity contribution in [1.82, 2.24) is 4.98 Å². The average molecular weight is 248 g/mol. The van der Waals surface area contributed by atoms with Crippen LogP contribution in [0.1, 0.15) is 22.9 Å². The molecule has 3 N–H and O–H groups in total. The highest BCUT2D eigenvalue weighted by Gasteiger charge is 2.26. The third-order valence-corrected chi connectivity index (χ3v) is 4.01. The summed E-state index contributed by atoms with van der Waals surface area (Å²) in [6.07, 6.45) is 2.21. The molecule has 2 aromatic rings. The lowest BCUT2D eigenvalue weighted by molar-refractivity contribution is 0.0609. The van der Waals surface area contributed by atoms with Gasteiger partial charge >= 0.3 is 0 Å². The van der Waals surface area contributed by atoms with Gasteiger partial charge in [0.15, 0.2) is 0 Å². The molecule has 2 rings (SSSR count). The summed E-state index contributed by atoms with van der Waals surface area (Å²) in [5, 5.41) is 12.5. The predicted molar refractivity (Wildman–Crippen MR) is 71.0 cm³/mol. The van der Waals surface area contributed by atoms with Crippen molar-refractivity contribution in [2.45, 2.75) is 25.9 Å². The van der Waals surface area contributed by atoms with Crippen LogP contribution in [-0.2, 0) is 12.0 Å². The molecular weight excluding hydrogens is 232 g/mol. The number of nitrogens with zero attached hydrogens (tertiary/aromatic N) is 1. The van der Waals surface area contributed by atoms with Crippen LogP contribution < -0.4 is 5.73 Å². The average Bonchev–Trinajstić information content (AvgIpc) is 2.64. The van der Waals surface area contributed by atoms with Crippen LogP contribution in [0.15, 0.2) is 29.8 Å². The fourth-order valence-corrected chi connectivity index (χ4v) is 2.99. The third-order valence-electron chi connectivity index (χ3n) is 2.75. The normalized spacial score (nSPS) is 14.5. The van der Waals surface area contributed by atoms with Gasteiger partial charge in [0.1, 0.15) is 11.4 Å². The summed E-state index contributed by atoms with van der Waals surface area (Å²) in [5.74, 6) is 0.487. The first kappa shape index (κ1) is 12.1. The predicted octanol–water partition coefficient (Wildman–Crippen LogP) is 2.48. The van der Waals surface area contributed by atoms with Crippen molar-refractivity contribution >= 4 is 17.2 Å². The third kappa shape index (κ3) is 2.65. The minimum absolute atomic E-state index is 0.487. The summed E-state index contributed by atoms with van der Waals surface area (Å²) < 4.78 is 0. The first-order valence-electron chi connectivity index (χ1n) is 5.46. The van der Waals surface area contributed by atoms with E-state index in [9.17, 15) is 5.11 Å². The topological polar surface area (TPSA) is 59.1 Å². The van der Waals surface area contributed by atoms with Gasteiger partial charge in [-0.05, 0) is 48.6 Å². The van der Waals surface area contributed by atoms with Crippen LogP contribution in [0, 0.1) is 6.92 Å². The first-order valence-corrected chi connectivity index (χ1v) is 6.34. The summed E-state index contributed by atoms with van der Waals surface area (Å²) in [4.78, 5) is 4.96. The SMILES string of the molecule is Cc1ccsc1C(C)(O)Cc1ccnc(N)c1. The maximum Gasteiger partial charge on any atom is 0.123 e. The van der Waals surface area contributed by atoms with E-state index in [2.05, 4.69) is 4.98 Å². The van der Waals surface area contributed by atoms with Crippen LogP contribution in [0.25, 0.3) is 0 Å². The van der Waals surface area contributed by atoms with Crippen molar-refractivity contribution < 1.29 is 5.11 Å². The Hall–Kier alpha value is -1.39. The molecule has 3 nitrogen and oxygen atoms in total. The van der Waals surface area contributed by atoms with E-state index >= 15 is 0 Å². The highest BCUT2D eigenvalue weighted by Crippen LogP contribution is 2.32. The number of pyridine rings is 1. The maximum absolute atomic E-state index is 10.5. The smallest absolute Gasteiger partial charge is 0.123 e. The molecule has 2 heterocycles. The molecule has 0 saturated heterocycles. The monoisotopic (exact) mass is 248 g/mol. The molecule has 0 aromatic carbocycles. The first-order chi connectivity index (χ1) is 7.99. The number of aromatic nitrogens is 1. The molecule has 0 spiro atoms. The summed E-state index contributed by atoms with van der Waals surface area (Å²) in [5.41, 5.74) is 6.90. The summed E-state index contributed by atoms with van der Waals surface area (Å²) >= 11 is 1.58. The van der Waals surface area contributed by atoms with Crippen LogP contribution in [0.4, 0.5) is 5.82 Å². The zero-order chi connectivity index (χ0) is 12.5. The molecule has 0 radical (unpaired) electrons. The molecule has 0 fully saturated rings. The largest absolute Gasteiger partial charge is 0.384 e. The molecular formula is C13H16N2OS. The summed E-state index contributed by atoms with van der Waals surface area (Å²) in [6.45, 7) is 3.85. The number of anilines is 1. The lowest BCUT2D eigenvalue weighted by atomic mass is 9.93. The molecule has 17 heavy (non-hydrogen) atoms. The van der Waals surface area contributed by atoms with Gasteiger partial charge in [0.2, 0.25) is 0 Å². The van der Waals surface area contributed by atoms with Crippen molar-refractivity contribution in [2.24, 2.45) is 0 Å². The second-order valence-electron chi connectivity index (χ2n) is 4.47. The fourth-order valence-electron chi connectivity index (χ4n) is 2.01. The van der Waals surface area contributed by atoms with E-state index in [-0.39, 0.29) is 0 Å². The van der Waals surface area contributed by atoms with Crippen molar-refractivity contribution in [3.63, 3.8) is 0 Å². The van der Waals surface area contributed by atoms with E-state index in [4.69, 9.17) is 5.73 Å². The Morgan fingerprint density at radius 2 is 2.24 bits per heavy atom. The second-order valence-corrected chi connectivity index (χ2v) is 5.39. The van der Waals surface area contributed by atoms with Crippen LogP contribution >= 0.6 is 11.3 Å². The second kappa shape index (κ2) is 4.47. The number of rotatable bonds is 3. The number of hydrogen-bond acceptors (Lipinski definition) is 4. The number of thiophene rings is 1. The summed E-state index contributed by atoms with van der Waals surface area (Å²) in [6, 6.07) is 5.71. The molecule has 1 unspecified atom stereocenters. The minimum atomic E-state index is -0.855. The number of hydrogen-bond donors (Lipinski definition) is 2. The van der Waals surface area contributed by atoms with Gasteiger partial charge < -0.3 is 10.8 Å². The van der Waals surface area contributed by atoms with Crippen LogP contribution in [0.3, 0.4) is 0 Å². The van der Waals surface area contributed by atoms with Crippen LogP contribution in [-0.4, -0.2) is 10.1 Å². The van der Waals surface area contributed by atoms with E-state index in [0.29, 0.717) is 12.2 Å². The van der Waals surface area contributed by atoms with Gasteiger partial charge in [-0.1, -0.05) is 0 Å². The quantitative estimate of drug-likeness (QED) is 0.877. The zero-order valence-corrected chi connectivity index (χ0v) is 10.8. The van der Waals surface area contributed by atoms with Gasteiger partial charge in [0, 0.05) is 17.5 Å².